The van der Waals surface area contributed by atoms with Crippen LogP contribution in [0.4, 0.5) is 5.69 Å². The van der Waals surface area contributed by atoms with E-state index in [1.807, 2.05) is 30.3 Å². The number of methoxy groups -OCH3 is 1. The van der Waals surface area contributed by atoms with Gasteiger partial charge in [-0.1, -0.05) is 11.3 Å². The Bertz CT molecular complexity index is 1350. The van der Waals surface area contributed by atoms with E-state index in [0.29, 0.717) is 21.4 Å². The Balaban J connectivity index is 1.47. The molecule has 0 aliphatic carbocycles. The Labute approximate surface area is 172 Å². The first-order valence-electron chi connectivity index (χ1n) is 8.79. The molecule has 0 atom stereocenters. The topological polar surface area (TPSA) is 124 Å². The highest BCUT2D eigenvalue weighted by molar-refractivity contribution is 7.19. The standard InChI is InChI=1S/C19H13N7O3S/c1-29-14-8-4-11(5-9-14)15-10-16(21-20-15)18-24-25-17(22-23-19(25)30-18)12-2-6-13(7-3-12)26(27)28/h2-10H,1H3,(H,20,21). The van der Waals surface area contributed by atoms with Gasteiger partial charge in [-0.15, -0.1) is 10.2 Å². The van der Waals surface area contributed by atoms with Crippen molar-refractivity contribution in [2.75, 3.05) is 7.11 Å². The number of aromatic amines is 1. The Morgan fingerprint density at radius 1 is 1.07 bits per heavy atom. The largest absolute Gasteiger partial charge is 0.497 e. The molecule has 0 spiro atoms. The number of nitrogens with zero attached hydrogens (tertiary/aromatic N) is 6. The van der Waals surface area contributed by atoms with Crippen molar-refractivity contribution in [3.05, 3.63) is 64.7 Å². The highest BCUT2D eigenvalue weighted by Crippen LogP contribution is 2.30. The molecule has 5 aromatic rings. The van der Waals surface area contributed by atoms with Gasteiger partial charge in [0.1, 0.15) is 5.75 Å². The van der Waals surface area contributed by atoms with Crippen LogP contribution in [0.25, 0.3) is 38.3 Å². The Morgan fingerprint density at radius 3 is 2.50 bits per heavy atom. The summed E-state index contributed by atoms with van der Waals surface area (Å²) in [4.78, 5) is 11.0. The summed E-state index contributed by atoms with van der Waals surface area (Å²) in [5, 5.41) is 31.9. The van der Waals surface area contributed by atoms with Gasteiger partial charge in [-0.25, -0.2) is 0 Å². The summed E-state index contributed by atoms with van der Waals surface area (Å²) in [6.45, 7) is 0. The Hall–Kier alpha value is -4.12. The minimum Gasteiger partial charge on any atom is -0.497 e. The zero-order valence-electron chi connectivity index (χ0n) is 15.5. The number of nitrogens with one attached hydrogen (secondary N) is 1. The molecule has 0 saturated carbocycles. The smallest absolute Gasteiger partial charge is 0.269 e. The van der Waals surface area contributed by atoms with Gasteiger partial charge in [0.05, 0.1) is 23.4 Å². The first-order chi connectivity index (χ1) is 14.6. The second-order valence-corrected chi connectivity index (χ2v) is 7.28. The number of rotatable bonds is 5. The van der Waals surface area contributed by atoms with Crippen molar-refractivity contribution >= 4 is 22.0 Å². The predicted octanol–water partition coefficient (Wildman–Crippen LogP) is 3.83. The second kappa shape index (κ2) is 7.04. The number of non-ortho nitro benzene ring substituents is 1. The van der Waals surface area contributed by atoms with E-state index in [2.05, 4.69) is 25.5 Å². The lowest BCUT2D eigenvalue weighted by Crippen LogP contribution is -1.92. The van der Waals surface area contributed by atoms with Gasteiger partial charge in [0.2, 0.25) is 4.96 Å². The molecule has 2 aromatic carbocycles. The summed E-state index contributed by atoms with van der Waals surface area (Å²) in [5.74, 6) is 1.29. The fraction of sp³-hybridized carbons (Fsp3) is 0.0526. The van der Waals surface area contributed by atoms with Crippen LogP contribution in [-0.4, -0.2) is 42.0 Å². The molecular formula is C19H13N7O3S. The van der Waals surface area contributed by atoms with Crippen LogP contribution in [0.5, 0.6) is 5.75 Å². The number of benzene rings is 2. The molecule has 0 bridgehead atoms. The zero-order chi connectivity index (χ0) is 20.7. The quantitative estimate of drug-likeness (QED) is 0.339. The highest BCUT2D eigenvalue weighted by atomic mass is 32.1. The SMILES string of the molecule is COc1ccc(-c2cc(-c3nn4c(-c5ccc([N+](=O)[O-])cc5)nnc4s3)[nH]n2)cc1. The van der Waals surface area contributed by atoms with Crippen molar-refractivity contribution in [1.82, 2.24) is 30.0 Å². The fourth-order valence-corrected chi connectivity index (χ4v) is 3.78. The Kier molecular flexibility index (Phi) is 4.21. The molecule has 0 fully saturated rings. The van der Waals surface area contributed by atoms with Gasteiger partial charge in [-0.05, 0) is 42.5 Å². The first kappa shape index (κ1) is 17.9. The third-order valence-corrected chi connectivity index (χ3v) is 5.45. The second-order valence-electron chi connectivity index (χ2n) is 6.32. The predicted molar refractivity (Wildman–Crippen MR) is 110 cm³/mol. The molecular weight excluding hydrogens is 406 g/mol. The van der Waals surface area contributed by atoms with Crippen LogP contribution >= 0.6 is 11.3 Å². The number of nitro benzene ring substituents is 1. The van der Waals surface area contributed by atoms with Crippen LogP contribution in [0.3, 0.4) is 0 Å². The van der Waals surface area contributed by atoms with Gasteiger partial charge in [-0.3, -0.25) is 15.2 Å². The van der Waals surface area contributed by atoms with Crippen molar-refractivity contribution in [1.29, 1.82) is 0 Å². The summed E-state index contributed by atoms with van der Waals surface area (Å²) in [6.07, 6.45) is 0. The van der Waals surface area contributed by atoms with Gasteiger partial charge in [0.15, 0.2) is 10.8 Å². The zero-order valence-corrected chi connectivity index (χ0v) is 16.3. The number of hydrogen-bond acceptors (Lipinski definition) is 8. The number of nitro groups is 1. The third kappa shape index (κ3) is 3.06. The van der Waals surface area contributed by atoms with Crippen LogP contribution in [-0.2, 0) is 0 Å². The summed E-state index contributed by atoms with van der Waals surface area (Å²) >= 11 is 1.37. The lowest BCUT2D eigenvalue weighted by Gasteiger charge is -1.99. The normalized spacial score (nSPS) is 11.1. The van der Waals surface area contributed by atoms with Crippen LogP contribution < -0.4 is 4.74 Å². The average molecular weight is 419 g/mol. The third-order valence-electron chi connectivity index (χ3n) is 4.52. The van der Waals surface area contributed by atoms with Gasteiger partial charge in [0.25, 0.3) is 5.69 Å². The number of hydrogen-bond donors (Lipinski definition) is 1. The maximum atomic E-state index is 10.9. The van der Waals surface area contributed by atoms with E-state index in [4.69, 9.17) is 4.74 Å². The van der Waals surface area contributed by atoms with Crippen LogP contribution in [0.2, 0.25) is 0 Å². The van der Waals surface area contributed by atoms with Crippen LogP contribution in [0.15, 0.2) is 54.6 Å². The molecule has 11 heteroatoms. The van der Waals surface area contributed by atoms with Crippen molar-refractivity contribution in [2.24, 2.45) is 0 Å². The van der Waals surface area contributed by atoms with E-state index in [1.54, 1.807) is 23.8 Å². The fourth-order valence-electron chi connectivity index (χ4n) is 2.98. The van der Waals surface area contributed by atoms with E-state index in [9.17, 15) is 10.1 Å². The lowest BCUT2D eigenvalue weighted by atomic mass is 10.1. The van der Waals surface area contributed by atoms with Gasteiger partial charge < -0.3 is 4.74 Å². The highest BCUT2D eigenvalue weighted by Gasteiger charge is 2.17. The molecule has 5 rings (SSSR count). The molecule has 0 amide bonds. The molecule has 0 saturated heterocycles. The van der Waals surface area contributed by atoms with Crippen molar-refractivity contribution in [3.8, 4) is 39.1 Å². The van der Waals surface area contributed by atoms with E-state index < -0.39 is 4.92 Å². The van der Waals surface area contributed by atoms with Crippen molar-refractivity contribution < 1.29 is 9.66 Å². The first-order valence-corrected chi connectivity index (χ1v) is 9.61. The molecule has 0 aliphatic rings. The summed E-state index contributed by atoms with van der Waals surface area (Å²) in [5.41, 5.74) is 3.20. The molecule has 0 aliphatic heterocycles. The molecule has 0 radical (unpaired) electrons. The van der Waals surface area contributed by atoms with Gasteiger partial charge >= 0.3 is 0 Å². The van der Waals surface area contributed by atoms with Gasteiger partial charge in [0, 0.05) is 23.3 Å². The van der Waals surface area contributed by atoms with Crippen molar-refractivity contribution in [2.45, 2.75) is 0 Å². The number of fused-ring (bicyclic) bond motifs is 1. The van der Waals surface area contributed by atoms with E-state index in [1.165, 1.54) is 23.5 Å². The minimum absolute atomic E-state index is 0.0157. The maximum absolute atomic E-state index is 10.9. The number of aromatic nitrogens is 6. The van der Waals surface area contributed by atoms with E-state index >= 15 is 0 Å². The minimum atomic E-state index is -0.442. The van der Waals surface area contributed by atoms with Crippen LogP contribution in [0.1, 0.15) is 0 Å². The monoisotopic (exact) mass is 419 g/mol. The molecule has 148 valence electrons. The van der Waals surface area contributed by atoms with E-state index in [0.717, 1.165) is 22.7 Å². The summed E-state index contributed by atoms with van der Waals surface area (Å²) in [7, 11) is 1.63. The summed E-state index contributed by atoms with van der Waals surface area (Å²) in [6, 6.07) is 15.7. The Morgan fingerprint density at radius 2 is 1.80 bits per heavy atom. The van der Waals surface area contributed by atoms with E-state index in [-0.39, 0.29) is 5.69 Å². The molecule has 30 heavy (non-hydrogen) atoms. The average Bonchev–Trinajstić information content (AvgIpc) is 3.49. The molecule has 10 nitrogen and oxygen atoms in total. The van der Waals surface area contributed by atoms with Gasteiger partial charge in [-0.2, -0.15) is 14.7 Å². The number of H-pyrrole nitrogens is 1. The maximum Gasteiger partial charge on any atom is 0.269 e. The molecule has 3 aromatic heterocycles. The van der Waals surface area contributed by atoms with Crippen LogP contribution in [0, 0.1) is 10.1 Å². The lowest BCUT2D eigenvalue weighted by molar-refractivity contribution is -0.384. The summed E-state index contributed by atoms with van der Waals surface area (Å²) < 4.78 is 6.80. The van der Waals surface area contributed by atoms with Crippen molar-refractivity contribution in [3.63, 3.8) is 0 Å². The molecule has 1 N–H and O–H groups in total. The molecule has 0 unspecified atom stereocenters. The number of ether oxygens (including phenoxy) is 1. The molecule has 3 heterocycles.